The van der Waals surface area contributed by atoms with Crippen molar-refractivity contribution in [2.75, 3.05) is 0 Å². The lowest BCUT2D eigenvalue weighted by Gasteiger charge is -2.52. The Morgan fingerprint density at radius 3 is 2.10 bits per heavy atom. The SMILES string of the molecule is [SiH3][SiH](c1ccccc1)C1(Br)C=CC(Br)C(Br)(Br)C1(Br)Br. The molecule has 2 rings (SSSR count). The van der Waals surface area contributed by atoms with Gasteiger partial charge in [-0.3, -0.25) is 0 Å². The molecule has 8 heteroatoms. The Balaban J connectivity index is 2.51. The van der Waals surface area contributed by atoms with E-state index >= 15 is 0 Å². The Hall–Kier alpha value is 2.27. The minimum Gasteiger partial charge on any atom is -0.0822 e. The second kappa shape index (κ2) is 6.65. The van der Waals surface area contributed by atoms with Gasteiger partial charge >= 0.3 is 0 Å². The maximum atomic E-state index is 4.06. The average molecular weight is 692 g/mol. The molecule has 20 heavy (non-hydrogen) atoms. The van der Waals surface area contributed by atoms with Crippen LogP contribution in [0.15, 0.2) is 42.5 Å². The Bertz CT molecular complexity index is 518. The standard InChI is InChI=1S/C12H12Br6Si2/c13-9-6-7-10(14,12(17,18)11(9,15)16)20(19)8-4-2-1-3-5-8/h1-7,9,20H,19H3. The van der Waals surface area contributed by atoms with Gasteiger partial charge in [0.1, 0.15) is 6.47 Å². The average Bonchev–Trinajstić information content (AvgIpc) is 2.42. The van der Waals surface area contributed by atoms with E-state index in [-0.39, 0.29) is 15.2 Å². The molecular formula is C12H12Br6Si2. The van der Waals surface area contributed by atoms with Crippen LogP contribution in [0.1, 0.15) is 0 Å². The molecule has 1 aromatic rings. The van der Waals surface area contributed by atoms with Crippen LogP contribution in [0.4, 0.5) is 0 Å². The van der Waals surface area contributed by atoms with Crippen LogP contribution in [0.3, 0.4) is 0 Å². The van der Waals surface area contributed by atoms with E-state index in [0.717, 1.165) is 9.76 Å². The van der Waals surface area contributed by atoms with E-state index in [9.17, 15) is 0 Å². The number of hydrogen-bond acceptors (Lipinski definition) is 0. The molecule has 0 spiro atoms. The number of allylic oxidation sites excluding steroid dienone is 2. The number of halogens is 6. The van der Waals surface area contributed by atoms with Gasteiger partial charge in [0, 0.05) is 9.76 Å². The molecular weight excluding hydrogens is 680 g/mol. The zero-order valence-electron chi connectivity index (χ0n) is 10.5. The molecule has 0 radical (unpaired) electrons. The van der Waals surface area contributed by atoms with Crippen molar-refractivity contribution in [2.45, 2.75) is 15.2 Å². The highest BCUT2D eigenvalue weighted by atomic mass is 79.9. The van der Waals surface area contributed by atoms with Gasteiger partial charge in [-0.25, -0.2) is 0 Å². The topological polar surface area (TPSA) is 0 Å². The highest BCUT2D eigenvalue weighted by molar-refractivity contribution is 9.31. The number of hydrogen-bond donors (Lipinski definition) is 0. The summed E-state index contributed by atoms with van der Waals surface area (Å²) in [5.41, 5.74) is 0. The molecule has 0 heterocycles. The predicted octanol–water partition coefficient (Wildman–Crippen LogP) is 3.96. The van der Waals surface area contributed by atoms with Crippen LogP contribution in [0, 0.1) is 0 Å². The summed E-state index contributed by atoms with van der Waals surface area (Å²) < 4.78 is -0.766. The van der Waals surface area contributed by atoms with E-state index in [1.807, 2.05) is 0 Å². The van der Waals surface area contributed by atoms with E-state index < -0.39 is 8.31 Å². The van der Waals surface area contributed by atoms with E-state index in [1.165, 1.54) is 5.19 Å². The fraction of sp³-hybridized carbons (Fsp3) is 0.333. The third-order valence-electron chi connectivity index (χ3n) is 3.68. The summed E-state index contributed by atoms with van der Waals surface area (Å²) in [5, 5.41) is 1.48. The highest BCUT2D eigenvalue weighted by Crippen LogP contribution is 2.63. The van der Waals surface area contributed by atoms with Gasteiger partial charge in [0.2, 0.25) is 0 Å². The lowest BCUT2D eigenvalue weighted by atomic mass is 10.1. The van der Waals surface area contributed by atoms with E-state index in [4.69, 9.17) is 0 Å². The molecule has 1 aliphatic carbocycles. The van der Waals surface area contributed by atoms with Crippen molar-refractivity contribution in [3.63, 3.8) is 0 Å². The van der Waals surface area contributed by atoms with E-state index in [1.54, 1.807) is 0 Å². The largest absolute Gasteiger partial charge is 0.123 e. The Morgan fingerprint density at radius 1 is 1.00 bits per heavy atom. The van der Waals surface area contributed by atoms with Crippen LogP contribution in [0.2, 0.25) is 0 Å². The quantitative estimate of drug-likeness (QED) is 0.251. The molecule has 0 saturated carbocycles. The van der Waals surface area contributed by atoms with Crippen LogP contribution in [0.25, 0.3) is 0 Å². The van der Waals surface area contributed by atoms with Crippen molar-refractivity contribution < 1.29 is 0 Å². The minimum absolute atomic E-state index is 0.106. The summed E-state index contributed by atoms with van der Waals surface area (Å²) in [7, 11) is -0.0375. The van der Waals surface area contributed by atoms with Crippen LogP contribution in [-0.4, -0.2) is 33.3 Å². The van der Waals surface area contributed by atoms with Crippen LogP contribution >= 0.6 is 95.6 Å². The van der Waals surface area contributed by atoms with Gasteiger partial charge in [0.15, 0.2) is 0 Å². The first-order valence-electron chi connectivity index (χ1n) is 5.97. The molecule has 0 N–H and O–H groups in total. The van der Waals surface area contributed by atoms with Crippen LogP contribution in [-0.2, 0) is 0 Å². The van der Waals surface area contributed by atoms with Gasteiger partial charge in [-0.2, -0.15) is 0 Å². The molecule has 3 unspecified atom stereocenters. The van der Waals surface area contributed by atoms with Crippen LogP contribution in [0.5, 0.6) is 0 Å². The predicted molar refractivity (Wildman–Crippen MR) is 118 cm³/mol. The molecule has 0 bridgehead atoms. The lowest BCUT2D eigenvalue weighted by molar-refractivity contribution is 0.716. The zero-order valence-corrected chi connectivity index (χ0v) is 23.1. The fourth-order valence-corrected chi connectivity index (χ4v) is 17.4. The summed E-state index contributed by atoms with van der Waals surface area (Å²) in [6, 6.07) is 10.8. The van der Waals surface area contributed by atoms with Gasteiger partial charge in [0.25, 0.3) is 0 Å². The molecule has 0 amide bonds. The summed E-state index contributed by atoms with van der Waals surface area (Å²) in [6.45, 7) is 0. The molecule has 1 aromatic carbocycles. The molecule has 110 valence electrons. The number of alkyl halides is 6. The molecule has 0 aromatic heterocycles. The van der Waals surface area contributed by atoms with Crippen molar-refractivity contribution in [3.8, 4) is 0 Å². The third-order valence-corrected chi connectivity index (χ3v) is 28.1. The summed E-state index contributed by atoms with van der Waals surface area (Å²) >= 11 is 23.3. The van der Waals surface area contributed by atoms with Crippen molar-refractivity contribution >= 4 is 119 Å². The van der Waals surface area contributed by atoms with Gasteiger partial charge in [-0.05, 0) is 0 Å². The summed E-state index contributed by atoms with van der Waals surface area (Å²) in [4.78, 5) is 0.179. The van der Waals surface area contributed by atoms with Crippen molar-refractivity contribution in [3.05, 3.63) is 42.5 Å². The molecule has 1 aliphatic rings. The first kappa shape index (κ1) is 18.6. The van der Waals surface area contributed by atoms with Crippen molar-refractivity contribution in [1.82, 2.24) is 0 Å². The molecule has 3 atom stereocenters. The minimum atomic E-state index is -1.20. The summed E-state index contributed by atoms with van der Waals surface area (Å²) in [6.07, 6.45) is 4.51. The molecule has 0 fully saturated rings. The fourth-order valence-electron chi connectivity index (χ4n) is 2.28. The monoisotopic (exact) mass is 686 g/mol. The first-order chi connectivity index (χ1) is 9.14. The smallest absolute Gasteiger partial charge is 0.0822 e. The summed E-state index contributed by atoms with van der Waals surface area (Å²) in [5.74, 6) is 0. The maximum Gasteiger partial charge on any atom is 0.123 e. The molecule has 0 saturated heterocycles. The van der Waals surface area contributed by atoms with Gasteiger partial charge in [0.05, 0.1) is 17.1 Å². The normalized spacial score (nSPS) is 33.0. The number of benzene rings is 1. The van der Waals surface area contributed by atoms with Crippen molar-refractivity contribution in [1.29, 1.82) is 0 Å². The first-order valence-corrected chi connectivity index (χ1v) is 16.6. The Morgan fingerprint density at radius 2 is 1.55 bits per heavy atom. The lowest BCUT2D eigenvalue weighted by Crippen LogP contribution is -2.66. The van der Waals surface area contributed by atoms with Crippen molar-refractivity contribution in [2.24, 2.45) is 0 Å². The molecule has 0 nitrogen and oxygen atoms in total. The third kappa shape index (κ3) is 2.98. The van der Waals surface area contributed by atoms with E-state index in [2.05, 4.69) is 138 Å². The Labute approximate surface area is 174 Å². The molecule has 0 aliphatic heterocycles. The van der Waals surface area contributed by atoms with Gasteiger partial charge < -0.3 is 0 Å². The Kier molecular flexibility index (Phi) is 6.18. The second-order valence-electron chi connectivity index (χ2n) is 4.86. The van der Waals surface area contributed by atoms with Gasteiger partial charge in [-0.15, -0.1) is 0 Å². The second-order valence-corrected chi connectivity index (χ2v) is 21.5. The zero-order chi connectivity index (χ0) is 15.2. The van der Waals surface area contributed by atoms with Gasteiger partial charge in [-0.1, -0.05) is 143 Å². The van der Waals surface area contributed by atoms with E-state index in [0.29, 0.717) is 0 Å². The maximum absolute atomic E-state index is 4.06. The highest BCUT2D eigenvalue weighted by Gasteiger charge is 2.63. The van der Waals surface area contributed by atoms with Crippen LogP contribution < -0.4 is 5.19 Å². The number of rotatable bonds is 2.